The van der Waals surface area contributed by atoms with E-state index in [9.17, 15) is 20.4 Å². The van der Waals surface area contributed by atoms with Crippen molar-refractivity contribution < 1.29 is 29.9 Å². The molecule has 4 N–H and O–H groups in total. The van der Waals surface area contributed by atoms with Crippen LogP contribution in [-0.4, -0.2) is 58.1 Å². The fourth-order valence-electron chi connectivity index (χ4n) is 3.73. The lowest BCUT2D eigenvalue weighted by Gasteiger charge is -2.40. The van der Waals surface area contributed by atoms with E-state index in [-0.39, 0.29) is 0 Å². The number of aliphatic hydroxyl groups excluding tert-OH is 4. The van der Waals surface area contributed by atoms with Gasteiger partial charge in [0.25, 0.3) is 0 Å². The zero-order valence-corrected chi connectivity index (χ0v) is 14.3. The summed E-state index contributed by atoms with van der Waals surface area (Å²) in [5.74, 6) is 1.28. The molecule has 1 unspecified atom stereocenters. The molecule has 1 saturated carbocycles. The van der Waals surface area contributed by atoms with E-state index in [0.29, 0.717) is 23.8 Å². The predicted octanol–water partition coefficient (Wildman–Crippen LogP) is 1.16. The van der Waals surface area contributed by atoms with Gasteiger partial charge in [0.05, 0.1) is 13.2 Å². The smallest absolute Gasteiger partial charge is 0.119 e. The summed E-state index contributed by atoms with van der Waals surface area (Å²) in [6, 6.07) is 7.24. The van der Waals surface area contributed by atoms with Gasteiger partial charge in [-0.3, -0.25) is 0 Å². The van der Waals surface area contributed by atoms with Gasteiger partial charge < -0.3 is 29.9 Å². The minimum atomic E-state index is -1.37. The number of hydrogen-bond acceptors (Lipinski definition) is 6. The van der Waals surface area contributed by atoms with Crippen molar-refractivity contribution >= 4 is 0 Å². The van der Waals surface area contributed by atoms with Crippen LogP contribution in [0.3, 0.4) is 0 Å². The monoisotopic (exact) mass is 352 g/mol. The van der Waals surface area contributed by atoms with Gasteiger partial charge in [-0.15, -0.1) is 0 Å². The Balaban J connectivity index is 1.67. The second-order valence-corrected chi connectivity index (χ2v) is 7.14. The van der Waals surface area contributed by atoms with Crippen LogP contribution in [0.15, 0.2) is 24.3 Å². The molecule has 3 rings (SSSR count). The average Bonchev–Trinajstić information content (AvgIpc) is 2.66. The van der Waals surface area contributed by atoms with Crippen molar-refractivity contribution in [3.05, 3.63) is 29.8 Å². The summed E-state index contributed by atoms with van der Waals surface area (Å²) in [6.45, 7) is 0.247. The summed E-state index contributed by atoms with van der Waals surface area (Å²) in [5.41, 5.74) is 0.651. The second-order valence-electron chi connectivity index (χ2n) is 7.14. The zero-order valence-electron chi connectivity index (χ0n) is 14.3. The van der Waals surface area contributed by atoms with Gasteiger partial charge in [0.2, 0.25) is 0 Å². The molecule has 25 heavy (non-hydrogen) atoms. The van der Waals surface area contributed by atoms with Crippen molar-refractivity contribution in [2.45, 2.75) is 62.6 Å². The molecule has 1 saturated heterocycles. The molecular formula is C19H28O6. The maximum atomic E-state index is 10.2. The third-order valence-corrected chi connectivity index (χ3v) is 5.29. The van der Waals surface area contributed by atoms with Crippen LogP contribution in [0.5, 0.6) is 5.75 Å². The Morgan fingerprint density at radius 3 is 2.48 bits per heavy atom. The SMILES string of the molecule is OC[C@H]1OC(c2cccc(OCC3CCCCC3)c2)[C@@H](O)[C@@H](O)[C@@H]1O. The molecule has 1 aliphatic carbocycles. The highest BCUT2D eigenvalue weighted by Crippen LogP contribution is 2.34. The molecule has 0 amide bonds. The lowest BCUT2D eigenvalue weighted by atomic mass is 9.90. The van der Waals surface area contributed by atoms with E-state index < -0.39 is 37.1 Å². The first-order valence-electron chi connectivity index (χ1n) is 9.13. The summed E-state index contributed by atoms with van der Waals surface area (Å²) < 4.78 is 11.5. The number of hydrogen-bond donors (Lipinski definition) is 4. The third-order valence-electron chi connectivity index (χ3n) is 5.29. The molecule has 0 radical (unpaired) electrons. The molecule has 1 aromatic rings. The van der Waals surface area contributed by atoms with Crippen molar-refractivity contribution in [3.8, 4) is 5.75 Å². The van der Waals surface area contributed by atoms with Gasteiger partial charge in [-0.05, 0) is 36.5 Å². The van der Waals surface area contributed by atoms with Gasteiger partial charge in [-0.2, -0.15) is 0 Å². The van der Waals surface area contributed by atoms with E-state index >= 15 is 0 Å². The first-order valence-corrected chi connectivity index (χ1v) is 9.13. The van der Waals surface area contributed by atoms with Gasteiger partial charge in [-0.1, -0.05) is 31.4 Å². The Labute approximate surface area is 148 Å². The molecule has 0 spiro atoms. The van der Waals surface area contributed by atoms with E-state index in [1.54, 1.807) is 12.1 Å². The van der Waals surface area contributed by atoms with Gasteiger partial charge >= 0.3 is 0 Å². The molecule has 1 aliphatic heterocycles. The first kappa shape index (κ1) is 18.6. The van der Waals surface area contributed by atoms with Crippen LogP contribution in [0.25, 0.3) is 0 Å². The molecule has 0 bridgehead atoms. The first-order chi connectivity index (χ1) is 12.1. The molecule has 6 nitrogen and oxygen atoms in total. The highest BCUT2D eigenvalue weighted by molar-refractivity contribution is 5.31. The molecule has 6 heteroatoms. The van der Waals surface area contributed by atoms with Gasteiger partial charge in [0.1, 0.15) is 36.3 Å². The largest absolute Gasteiger partial charge is 0.493 e. The van der Waals surface area contributed by atoms with Crippen LogP contribution < -0.4 is 4.74 Å². The van der Waals surface area contributed by atoms with Crippen molar-refractivity contribution in [1.29, 1.82) is 0 Å². The van der Waals surface area contributed by atoms with Crippen LogP contribution >= 0.6 is 0 Å². The average molecular weight is 352 g/mol. The van der Waals surface area contributed by atoms with Crippen LogP contribution in [0.2, 0.25) is 0 Å². The van der Waals surface area contributed by atoms with Crippen molar-refractivity contribution in [2.75, 3.05) is 13.2 Å². The van der Waals surface area contributed by atoms with E-state index in [1.165, 1.54) is 32.1 Å². The molecule has 5 atom stereocenters. The Kier molecular flexibility index (Phi) is 6.30. The van der Waals surface area contributed by atoms with Gasteiger partial charge in [-0.25, -0.2) is 0 Å². The standard InChI is InChI=1S/C19H28O6/c20-10-15-16(21)17(22)18(23)19(25-15)13-7-4-8-14(9-13)24-11-12-5-2-1-3-6-12/h4,7-9,12,15-23H,1-3,5-6,10-11H2/t15-,16-,17+,18+,19?/m1/s1. The lowest BCUT2D eigenvalue weighted by molar-refractivity contribution is -0.231. The highest BCUT2D eigenvalue weighted by atomic mass is 16.5. The summed E-state index contributed by atoms with van der Waals surface area (Å²) in [4.78, 5) is 0. The fraction of sp³-hybridized carbons (Fsp3) is 0.684. The topological polar surface area (TPSA) is 99.4 Å². The van der Waals surface area contributed by atoms with E-state index in [1.807, 2.05) is 12.1 Å². The third kappa shape index (κ3) is 4.33. The minimum absolute atomic E-state index is 0.431. The molecule has 2 fully saturated rings. The minimum Gasteiger partial charge on any atom is -0.493 e. The number of ether oxygens (including phenoxy) is 2. The molecule has 140 valence electrons. The maximum Gasteiger partial charge on any atom is 0.119 e. The van der Waals surface area contributed by atoms with Crippen molar-refractivity contribution in [1.82, 2.24) is 0 Å². The predicted molar refractivity (Wildman–Crippen MR) is 91.2 cm³/mol. The normalized spacial score (nSPS) is 34.0. The van der Waals surface area contributed by atoms with Crippen molar-refractivity contribution in [3.63, 3.8) is 0 Å². The van der Waals surface area contributed by atoms with Crippen LogP contribution in [0.4, 0.5) is 0 Å². The Bertz CT molecular complexity index is 542. The van der Waals surface area contributed by atoms with Gasteiger partial charge in [0.15, 0.2) is 0 Å². The zero-order chi connectivity index (χ0) is 17.8. The highest BCUT2D eigenvalue weighted by Gasteiger charge is 2.43. The molecule has 0 aromatic heterocycles. The van der Waals surface area contributed by atoms with Crippen LogP contribution in [-0.2, 0) is 4.74 Å². The van der Waals surface area contributed by atoms with E-state index in [2.05, 4.69) is 0 Å². The summed E-state index contributed by atoms with van der Waals surface area (Å²) in [5, 5.41) is 39.4. The van der Waals surface area contributed by atoms with E-state index in [0.717, 1.165) is 0 Å². The number of rotatable bonds is 5. The quantitative estimate of drug-likeness (QED) is 0.635. The lowest BCUT2D eigenvalue weighted by Crippen LogP contribution is -2.55. The Morgan fingerprint density at radius 1 is 1.00 bits per heavy atom. The van der Waals surface area contributed by atoms with E-state index in [4.69, 9.17) is 9.47 Å². The summed E-state index contributed by atoms with van der Waals surface area (Å²) in [6.07, 6.45) is 0.514. The molecule has 1 aromatic carbocycles. The number of aliphatic hydroxyl groups is 4. The maximum absolute atomic E-state index is 10.2. The molecule has 1 heterocycles. The number of benzene rings is 1. The second kappa shape index (κ2) is 8.47. The van der Waals surface area contributed by atoms with Gasteiger partial charge in [0, 0.05) is 0 Å². The summed E-state index contributed by atoms with van der Waals surface area (Å²) in [7, 11) is 0. The van der Waals surface area contributed by atoms with Crippen LogP contribution in [0.1, 0.15) is 43.8 Å². The molecule has 2 aliphatic rings. The summed E-state index contributed by atoms with van der Waals surface area (Å²) >= 11 is 0. The Hall–Kier alpha value is -1.18. The molecular weight excluding hydrogens is 324 g/mol. The van der Waals surface area contributed by atoms with Crippen LogP contribution in [0, 0.1) is 5.92 Å². The Morgan fingerprint density at radius 2 is 1.76 bits per heavy atom. The fourth-order valence-corrected chi connectivity index (χ4v) is 3.73. The van der Waals surface area contributed by atoms with Crippen molar-refractivity contribution in [2.24, 2.45) is 5.92 Å².